The number of hydrogen-bond acceptors (Lipinski definition) is 6. The van der Waals surface area contributed by atoms with Gasteiger partial charge in [-0.1, -0.05) is 19.9 Å². The summed E-state index contributed by atoms with van der Waals surface area (Å²) in [6, 6.07) is 7.91. The van der Waals surface area contributed by atoms with Gasteiger partial charge in [-0.15, -0.1) is 0 Å². The van der Waals surface area contributed by atoms with Gasteiger partial charge < -0.3 is 20.1 Å². The summed E-state index contributed by atoms with van der Waals surface area (Å²) in [5.41, 5.74) is 1.18. The molecule has 1 heterocycles. The van der Waals surface area contributed by atoms with Crippen molar-refractivity contribution in [3.05, 3.63) is 36.2 Å². The lowest BCUT2D eigenvalue weighted by molar-refractivity contribution is 0.354. The summed E-state index contributed by atoms with van der Waals surface area (Å²) < 4.78 is 10.6. The van der Waals surface area contributed by atoms with Crippen LogP contribution in [0.1, 0.15) is 25.8 Å². The molecular weight excluding hydrogens is 316 g/mol. The Bertz CT molecular complexity index is 662. The zero-order chi connectivity index (χ0) is 18.1. The van der Waals surface area contributed by atoms with E-state index in [9.17, 15) is 0 Å². The van der Waals surface area contributed by atoms with Crippen molar-refractivity contribution in [2.75, 3.05) is 37.9 Å². The highest BCUT2D eigenvalue weighted by molar-refractivity contribution is 5.47. The molecule has 25 heavy (non-hydrogen) atoms. The number of aromatic nitrogens is 2. The molecule has 0 bridgehead atoms. The number of nitrogens with one attached hydrogen (secondary N) is 2. The molecule has 0 aliphatic carbocycles. The van der Waals surface area contributed by atoms with Crippen molar-refractivity contribution in [1.82, 2.24) is 9.97 Å². The Hall–Kier alpha value is -2.50. The molecule has 1 aromatic carbocycles. The number of methoxy groups -OCH3 is 2. The zero-order valence-electron chi connectivity index (χ0n) is 15.5. The van der Waals surface area contributed by atoms with Crippen LogP contribution in [0, 0.1) is 5.92 Å². The van der Waals surface area contributed by atoms with E-state index in [1.165, 1.54) is 5.56 Å². The van der Waals surface area contributed by atoms with E-state index in [0.29, 0.717) is 5.92 Å². The van der Waals surface area contributed by atoms with Gasteiger partial charge in [0.1, 0.15) is 18.0 Å². The molecular formula is C19H28N4O2. The van der Waals surface area contributed by atoms with Crippen molar-refractivity contribution in [1.29, 1.82) is 0 Å². The smallest absolute Gasteiger partial charge is 0.160 e. The number of ether oxygens (including phenoxy) is 2. The average molecular weight is 344 g/mol. The van der Waals surface area contributed by atoms with E-state index >= 15 is 0 Å². The molecule has 0 aliphatic rings. The van der Waals surface area contributed by atoms with Crippen molar-refractivity contribution in [2.24, 2.45) is 5.92 Å². The van der Waals surface area contributed by atoms with E-state index in [0.717, 1.165) is 49.1 Å². The number of hydrogen-bond donors (Lipinski definition) is 2. The van der Waals surface area contributed by atoms with Gasteiger partial charge in [0.25, 0.3) is 0 Å². The van der Waals surface area contributed by atoms with Gasteiger partial charge >= 0.3 is 0 Å². The van der Waals surface area contributed by atoms with Gasteiger partial charge in [-0.3, -0.25) is 0 Å². The van der Waals surface area contributed by atoms with Crippen molar-refractivity contribution in [3.63, 3.8) is 0 Å². The van der Waals surface area contributed by atoms with Gasteiger partial charge in [0.2, 0.25) is 0 Å². The number of benzene rings is 1. The molecule has 6 heteroatoms. The minimum atomic E-state index is 0.674. The fraction of sp³-hybridized carbons (Fsp3) is 0.474. The third kappa shape index (κ3) is 6.14. The van der Waals surface area contributed by atoms with Gasteiger partial charge in [0.05, 0.1) is 14.2 Å². The fourth-order valence-electron chi connectivity index (χ4n) is 2.41. The lowest BCUT2D eigenvalue weighted by Gasteiger charge is -2.11. The molecule has 0 amide bonds. The SMILES string of the molecule is COc1ccc(CCNc2cc(NCCC(C)C)ncn2)cc1OC. The average Bonchev–Trinajstić information content (AvgIpc) is 2.61. The lowest BCUT2D eigenvalue weighted by Crippen LogP contribution is -2.09. The first kappa shape index (κ1) is 18.8. The molecule has 2 rings (SSSR count). The van der Waals surface area contributed by atoms with Crippen LogP contribution in [0.25, 0.3) is 0 Å². The molecule has 0 saturated heterocycles. The largest absolute Gasteiger partial charge is 0.493 e. The van der Waals surface area contributed by atoms with Gasteiger partial charge in [0, 0.05) is 19.2 Å². The predicted octanol–water partition coefficient (Wildman–Crippen LogP) is 3.61. The van der Waals surface area contributed by atoms with E-state index in [1.54, 1.807) is 20.5 Å². The number of rotatable bonds is 10. The minimum Gasteiger partial charge on any atom is -0.493 e. The van der Waals surface area contributed by atoms with Crippen molar-refractivity contribution in [3.8, 4) is 11.5 Å². The van der Waals surface area contributed by atoms with E-state index < -0.39 is 0 Å². The second kappa shape index (κ2) is 9.71. The second-order valence-electron chi connectivity index (χ2n) is 6.26. The highest BCUT2D eigenvalue weighted by Gasteiger charge is 2.05. The first-order valence-electron chi connectivity index (χ1n) is 8.63. The van der Waals surface area contributed by atoms with Gasteiger partial charge in [-0.2, -0.15) is 0 Å². The summed E-state index contributed by atoms with van der Waals surface area (Å²) in [7, 11) is 3.29. The van der Waals surface area contributed by atoms with Gasteiger partial charge in [-0.05, 0) is 36.5 Å². The van der Waals surface area contributed by atoms with Crippen LogP contribution in [0.4, 0.5) is 11.6 Å². The van der Waals surface area contributed by atoms with E-state index in [2.05, 4.69) is 34.4 Å². The van der Waals surface area contributed by atoms with Crippen LogP contribution in [0.3, 0.4) is 0 Å². The molecule has 0 aliphatic heterocycles. The monoisotopic (exact) mass is 344 g/mol. The lowest BCUT2D eigenvalue weighted by atomic mass is 10.1. The first-order valence-corrected chi connectivity index (χ1v) is 8.63. The Morgan fingerprint density at radius 3 is 2.24 bits per heavy atom. The maximum absolute atomic E-state index is 5.34. The molecule has 0 spiro atoms. The van der Waals surface area contributed by atoms with Crippen molar-refractivity contribution >= 4 is 11.6 Å². The topological polar surface area (TPSA) is 68.3 Å². The Kier molecular flexibility index (Phi) is 7.32. The highest BCUT2D eigenvalue weighted by atomic mass is 16.5. The van der Waals surface area contributed by atoms with Crippen LogP contribution in [-0.2, 0) is 6.42 Å². The Balaban J connectivity index is 1.85. The molecule has 0 atom stereocenters. The number of nitrogens with zero attached hydrogens (tertiary/aromatic N) is 2. The van der Waals surface area contributed by atoms with Crippen LogP contribution in [0.15, 0.2) is 30.6 Å². The number of anilines is 2. The van der Waals surface area contributed by atoms with Gasteiger partial charge in [0.15, 0.2) is 11.5 Å². The molecule has 0 radical (unpaired) electrons. The third-order valence-electron chi connectivity index (χ3n) is 3.86. The van der Waals surface area contributed by atoms with Crippen molar-refractivity contribution < 1.29 is 9.47 Å². The minimum absolute atomic E-state index is 0.674. The summed E-state index contributed by atoms with van der Waals surface area (Å²) in [5, 5.41) is 6.67. The van der Waals surface area contributed by atoms with Crippen LogP contribution in [0.5, 0.6) is 11.5 Å². The molecule has 1 aromatic heterocycles. The molecule has 2 aromatic rings. The highest BCUT2D eigenvalue weighted by Crippen LogP contribution is 2.27. The molecule has 2 N–H and O–H groups in total. The summed E-state index contributed by atoms with van der Waals surface area (Å²) in [5.74, 6) is 3.84. The molecule has 136 valence electrons. The van der Waals surface area contributed by atoms with E-state index in [4.69, 9.17) is 9.47 Å². The van der Waals surface area contributed by atoms with Gasteiger partial charge in [-0.25, -0.2) is 9.97 Å². The van der Waals surface area contributed by atoms with Crippen LogP contribution in [0.2, 0.25) is 0 Å². The Morgan fingerprint density at radius 2 is 1.60 bits per heavy atom. The quantitative estimate of drug-likeness (QED) is 0.686. The summed E-state index contributed by atoms with van der Waals surface area (Å²) in [6.07, 6.45) is 3.56. The molecule has 0 fully saturated rings. The Labute approximate surface area is 150 Å². The standard InChI is InChI=1S/C19H28N4O2/c1-14(2)7-9-20-18-12-19(23-13-22-18)21-10-8-15-5-6-16(24-3)17(11-15)25-4/h5-6,11-14H,7-10H2,1-4H3,(H2,20,21,22,23). The maximum atomic E-state index is 5.34. The predicted molar refractivity (Wildman–Crippen MR) is 102 cm³/mol. The normalized spacial score (nSPS) is 10.6. The first-order chi connectivity index (χ1) is 12.1. The molecule has 0 unspecified atom stereocenters. The third-order valence-corrected chi connectivity index (χ3v) is 3.86. The van der Waals surface area contributed by atoms with Crippen LogP contribution in [-0.4, -0.2) is 37.3 Å². The van der Waals surface area contributed by atoms with E-state index in [-0.39, 0.29) is 0 Å². The Morgan fingerprint density at radius 1 is 0.920 bits per heavy atom. The zero-order valence-corrected chi connectivity index (χ0v) is 15.5. The summed E-state index contributed by atoms with van der Waals surface area (Å²) >= 11 is 0. The fourth-order valence-corrected chi connectivity index (χ4v) is 2.41. The summed E-state index contributed by atoms with van der Waals surface area (Å²) in [4.78, 5) is 8.52. The van der Waals surface area contributed by atoms with E-state index in [1.807, 2.05) is 24.3 Å². The maximum Gasteiger partial charge on any atom is 0.160 e. The van der Waals surface area contributed by atoms with Crippen LogP contribution < -0.4 is 20.1 Å². The van der Waals surface area contributed by atoms with Crippen molar-refractivity contribution in [2.45, 2.75) is 26.7 Å². The summed E-state index contributed by atoms with van der Waals surface area (Å²) in [6.45, 7) is 6.11. The molecule has 0 saturated carbocycles. The second-order valence-corrected chi connectivity index (χ2v) is 6.26. The molecule has 6 nitrogen and oxygen atoms in total. The van der Waals surface area contributed by atoms with Crippen LogP contribution >= 0.6 is 0 Å².